The summed E-state index contributed by atoms with van der Waals surface area (Å²) in [5, 5.41) is 75.8. The molecule has 11 heteroatoms. The number of nitrogens with one attached hydrogen (secondary N) is 1. The first kappa shape index (κ1) is 55.9. The number of hydrogen-bond donors (Lipinski definition) is 8. The average Bonchev–Trinajstić information content (AvgIpc) is 3.23. The molecule has 0 aliphatic carbocycles. The fraction of sp³-hybridized carbons (Fsp3) is 0.938. The Labute approximate surface area is 360 Å². The highest BCUT2D eigenvalue weighted by Gasteiger charge is 2.44. The molecule has 9 unspecified atom stereocenters. The maximum Gasteiger partial charge on any atom is 0.249 e. The molecule has 350 valence electrons. The molecule has 59 heavy (non-hydrogen) atoms. The second-order valence-electron chi connectivity index (χ2n) is 17.5. The molecule has 1 saturated heterocycles. The van der Waals surface area contributed by atoms with Crippen molar-refractivity contribution in [3.63, 3.8) is 0 Å². The molecule has 0 aromatic rings. The Kier molecular flexibility index (Phi) is 36.5. The first-order valence-corrected chi connectivity index (χ1v) is 24.6. The van der Waals surface area contributed by atoms with Crippen molar-refractivity contribution in [2.45, 2.75) is 274 Å². The highest BCUT2D eigenvalue weighted by Crippen LogP contribution is 2.23. The molecule has 1 fully saturated rings. The standard InChI is InChI=1S/C48H93NO10/c1-3-5-7-9-11-13-15-17-19-20-21-22-24-25-27-29-31-33-35-40(51)43(53)39(38-58-48-46(56)45(55)44(54)42(37-50)59-48)49-47(57)41(52)36-34-32-30-28-26-23-18-16-14-12-10-8-6-4-2/h21-22,39-46,48,50-56H,3-20,23-38H2,1-2H3,(H,49,57). The van der Waals surface area contributed by atoms with Crippen LogP contribution in [0.25, 0.3) is 0 Å². The zero-order valence-corrected chi connectivity index (χ0v) is 37.7. The minimum absolute atomic E-state index is 0.262. The van der Waals surface area contributed by atoms with Gasteiger partial charge in [-0.15, -0.1) is 0 Å². The van der Waals surface area contributed by atoms with E-state index in [1.165, 1.54) is 122 Å². The minimum Gasteiger partial charge on any atom is -0.394 e. The van der Waals surface area contributed by atoms with E-state index in [2.05, 4.69) is 31.3 Å². The Hall–Kier alpha value is -1.15. The van der Waals surface area contributed by atoms with Gasteiger partial charge >= 0.3 is 0 Å². The number of aliphatic hydroxyl groups is 7. The smallest absolute Gasteiger partial charge is 0.249 e. The van der Waals surface area contributed by atoms with Crippen molar-refractivity contribution in [1.29, 1.82) is 0 Å². The van der Waals surface area contributed by atoms with Crippen molar-refractivity contribution in [2.75, 3.05) is 13.2 Å². The SMILES string of the molecule is CCCCCCCCCCCC=CCCCCCCCC(O)C(O)C(COC1OC(CO)C(O)C(O)C1O)NC(=O)C(O)CCCCCCCCCCCCCCCC. The van der Waals surface area contributed by atoms with E-state index in [9.17, 15) is 40.5 Å². The first-order chi connectivity index (χ1) is 28.7. The van der Waals surface area contributed by atoms with Crippen molar-refractivity contribution in [3.05, 3.63) is 12.2 Å². The van der Waals surface area contributed by atoms with Gasteiger partial charge in [-0.25, -0.2) is 0 Å². The lowest BCUT2D eigenvalue weighted by molar-refractivity contribution is -0.303. The largest absolute Gasteiger partial charge is 0.394 e. The maximum atomic E-state index is 13.1. The van der Waals surface area contributed by atoms with Crippen molar-refractivity contribution >= 4 is 5.91 Å². The Morgan fingerprint density at radius 1 is 0.576 bits per heavy atom. The summed E-state index contributed by atoms with van der Waals surface area (Å²) in [5.74, 6) is -0.699. The number of allylic oxidation sites excluding steroid dienone is 2. The van der Waals surface area contributed by atoms with E-state index in [4.69, 9.17) is 9.47 Å². The Morgan fingerprint density at radius 3 is 1.42 bits per heavy atom. The highest BCUT2D eigenvalue weighted by molar-refractivity contribution is 5.80. The van der Waals surface area contributed by atoms with Gasteiger partial charge in [0.25, 0.3) is 0 Å². The summed E-state index contributed by atoms with van der Waals surface area (Å²) in [4.78, 5) is 13.1. The van der Waals surface area contributed by atoms with Crippen LogP contribution in [0, 0.1) is 0 Å². The van der Waals surface area contributed by atoms with Gasteiger partial charge in [-0.3, -0.25) is 4.79 Å². The third kappa shape index (κ3) is 28.2. The van der Waals surface area contributed by atoms with Gasteiger partial charge in [-0.05, 0) is 38.5 Å². The molecule has 0 bridgehead atoms. The lowest BCUT2D eigenvalue weighted by atomic mass is 9.98. The van der Waals surface area contributed by atoms with Gasteiger partial charge < -0.3 is 50.5 Å². The number of rotatable bonds is 41. The predicted molar refractivity (Wildman–Crippen MR) is 238 cm³/mol. The Bertz CT molecular complexity index is 970. The van der Waals surface area contributed by atoms with Gasteiger partial charge in [0.2, 0.25) is 5.91 Å². The summed E-state index contributed by atoms with van der Waals surface area (Å²) in [6.45, 7) is 3.44. The van der Waals surface area contributed by atoms with Crippen LogP contribution in [0.2, 0.25) is 0 Å². The summed E-state index contributed by atoms with van der Waals surface area (Å²) < 4.78 is 11.1. The molecule has 11 nitrogen and oxygen atoms in total. The van der Waals surface area contributed by atoms with E-state index in [1.807, 2.05) is 0 Å². The molecule has 9 atom stereocenters. The molecule has 1 amide bonds. The van der Waals surface area contributed by atoms with Gasteiger partial charge in [-0.2, -0.15) is 0 Å². The number of carbonyl (C=O) groups excluding carboxylic acids is 1. The monoisotopic (exact) mass is 844 g/mol. The zero-order valence-electron chi connectivity index (χ0n) is 37.7. The number of ether oxygens (including phenoxy) is 2. The second kappa shape index (κ2) is 38.5. The summed E-state index contributed by atoms with van der Waals surface area (Å²) in [7, 11) is 0. The van der Waals surface area contributed by atoms with Crippen molar-refractivity contribution in [2.24, 2.45) is 0 Å². The molecular weight excluding hydrogens is 751 g/mol. The van der Waals surface area contributed by atoms with Gasteiger partial charge in [-0.1, -0.05) is 193 Å². The van der Waals surface area contributed by atoms with E-state index in [1.54, 1.807) is 0 Å². The Morgan fingerprint density at radius 2 is 0.983 bits per heavy atom. The summed E-state index contributed by atoms with van der Waals surface area (Å²) >= 11 is 0. The summed E-state index contributed by atoms with van der Waals surface area (Å²) in [6.07, 6.45) is 29.6. The van der Waals surface area contributed by atoms with Crippen LogP contribution in [-0.4, -0.2) is 110 Å². The van der Waals surface area contributed by atoms with Crippen molar-refractivity contribution < 1.29 is 50.0 Å². The quantitative estimate of drug-likeness (QED) is 0.0219. The van der Waals surface area contributed by atoms with Gasteiger partial charge in [0, 0.05) is 0 Å². The molecule has 0 aromatic heterocycles. The van der Waals surface area contributed by atoms with E-state index >= 15 is 0 Å². The predicted octanol–water partition coefficient (Wildman–Crippen LogP) is 8.45. The molecule has 0 saturated carbocycles. The molecule has 1 rings (SSSR count). The van der Waals surface area contributed by atoms with E-state index in [-0.39, 0.29) is 6.42 Å². The average molecular weight is 844 g/mol. The summed E-state index contributed by atoms with van der Waals surface area (Å²) in [6, 6.07) is -1.17. The number of amides is 1. The lowest BCUT2D eigenvalue weighted by Gasteiger charge is -2.40. The summed E-state index contributed by atoms with van der Waals surface area (Å²) in [5.41, 5.74) is 0. The van der Waals surface area contributed by atoms with E-state index < -0.39 is 74.2 Å². The minimum atomic E-state index is -1.66. The molecule has 8 N–H and O–H groups in total. The topological polar surface area (TPSA) is 189 Å². The van der Waals surface area contributed by atoms with Crippen LogP contribution in [0.4, 0.5) is 0 Å². The van der Waals surface area contributed by atoms with Crippen LogP contribution in [0.1, 0.15) is 219 Å². The van der Waals surface area contributed by atoms with Crippen LogP contribution in [0.3, 0.4) is 0 Å². The normalized spacial score (nSPS) is 21.8. The second-order valence-corrected chi connectivity index (χ2v) is 17.5. The van der Waals surface area contributed by atoms with Crippen LogP contribution in [0.15, 0.2) is 12.2 Å². The van der Waals surface area contributed by atoms with Crippen LogP contribution in [0.5, 0.6) is 0 Å². The fourth-order valence-electron chi connectivity index (χ4n) is 7.96. The van der Waals surface area contributed by atoms with Gasteiger partial charge in [0.05, 0.1) is 25.4 Å². The van der Waals surface area contributed by atoms with Crippen LogP contribution in [-0.2, 0) is 14.3 Å². The molecule has 1 aliphatic rings. The lowest BCUT2D eigenvalue weighted by Crippen LogP contribution is -2.60. The molecule has 1 heterocycles. The highest BCUT2D eigenvalue weighted by atomic mass is 16.7. The number of hydrogen-bond acceptors (Lipinski definition) is 10. The molecule has 0 aromatic carbocycles. The Balaban J connectivity index is 2.43. The zero-order chi connectivity index (χ0) is 43.4. The van der Waals surface area contributed by atoms with Crippen molar-refractivity contribution in [3.8, 4) is 0 Å². The fourth-order valence-corrected chi connectivity index (χ4v) is 7.96. The molecular formula is C48H93NO10. The number of carbonyl (C=O) groups is 1. The van der Waals surface area contributed by atoms with Crippen LogP contribution >= 0.6 is 0 Å². The third-order valence-corrected chi connectivity index (χ3v) is 12.1. The molecule has 0 radical (unpaired) electrons. The number of unbranched alkanes of at least 4 members (excludes halogenated alkanes) is 27. The number of aliphatic hydroxyl groups excluding tert-OH is 7. The first-order valence-electron chi connectivity index (χ1n) is 24.6. The third-order valence-electron chi connectivity index (χ3n) is 12.1. The van der Waals surface area contributed by atoms with Gasteiger partial charge in [0.15, 0.2) is 6.29 Å². The van der Waals surface area contributed by atoms with Crippen molar-refractivity contribution in [1.82, 2.24) is 5.32 Å². The van der Waals surface area contributed by atoms with Crippen LogP contribution < -0.4 is 5.32 Å². The van der Waals surface area contributed by atoms with E-state index in [0.29, 0.717) is 19.3 Å². The maximum absolute atomic E-state index is 13.1. The molecule has 0 spiro atoms. The molecule has 1 aliphatic heterocycles. The van der Waals surface area contributed by atoms with Gasteiger partial charge in [0.1, 0.15) is 36.6 Å². The van der Waals surface area contributed by atoms with E-state index in [0.717, 1.165) is 57.8 Å².